The maximum atomic E-state index is 11.1. The number of amides is 1. The van der Waals surface area contributed by atoms with Gasteiger partial charge in [0.05, 0.1) is 18.4 Å². The van der Waals surface area contributed by atoms with Crippen LogP contribution in [0.2, 0.25) is 0 Å². The zero-order valence-electron chi connectivity index (χ0n) is 11.1. The van der Waals surface area contributed by atoms with Crippen LogP contribution in [0.4, 0.5) is 0 Å². The molecule has 0 bridgehead atoms. The molecule has 0 saturated heterocycles. The van der Waals surface area contributed by atoms with Crippen LogP contribution >= 0.6 is 0 Å². The number of nitrogens with one attached hydrogen (secondary N) is 1. The maximum Gasteiger partial charge on any atom is 0.248 e. The molecule has 1 saturated carbocycles. The molecular formula is C14H17N5O. The third-order valence-corrected chi connectivity index (χ3v) is 3.29. The Labute approximate surface area is 117 Å². The van der Waals surface area contributed by atoms with Crippen molar-refractivity contribution < 1.29 is 4.79 Å². The number of carbonyl (C=O) groups excluding carboxylic acids is 1. The number of carbonyl (C=O) groups is 1. The Bertz CT molecular complexity index is 618. The third-order valence-electron chi connectivity index (χ3n) is 3.29. The van der Waals surface area contributed by atoms with Crippen LogP contribution in [0.25, 0.3) is 0 Å². The minimum Gasteiger partial charge on any atom is -0.366 e. The van der Waals surface area contributed by atoms with Crippen molar-refractivity contribution in [2.45, 2.75) is 32.0 Å². The minimum atomic E-state index is -0.417. The topological polar surface area (TPSA) is 85.8 Å². The zero-order valence-corrected chi connectivity index (χ0v) is 11.1. The smallest absolute Gasteiger partial charge is 0.248 e. The summed E-state index contributed by atoms with van der Waals surface area (Å²) in [4.78, 5) is 11.1. The van der Waals surface area contributed by atoms with Crippen LogP contribution in [0.15, 0.2) is 30.5 Å². The Morgan fingerprint density at radius 2 is 2.30 bits per heavy atom. The van der Waals surface area contributed by atoms with E-state index in [1.54, 1.807) is 16.8 Å². The molecule has 20 heavy (non-hydrogen) atoms. The van der Waals surface area contributed by atoms with Crippen molar-refractivity contribution >= 4 is 5.91 Å². The van der Waals surface area contributed by atoms with Crippen molar-refractivity contribution in [1.29, 1.82) is 0 Å². The molecule has 104 valence electrons. The first-order chi connectivity index (χ1) is 9.70. The normalized spacial score (nSPS) is 14.4. The monoisotopic (exact) mass is 271 g/mol. The molecule has 1 amide bonds. The zero-order chi connectivity index (χ0) is 13.9. The molecular weight excluding hydrogens is 254 g/mol. The maximum absolute atomic E-state index is 11.1. The first kappa shape index (κ1) is 12.8. The first-order valence-corrected chi connectivity index (χ1v) is 6.72. The lowest BCUT2D eigenvalue weighted by Crippen LogP contribution is -2.15. The van der Waals surface area contributed by atoms with E-state index in [0.29, 0.717) is 18.2 Å². The largest absolute Gasteiger partial charge is 0.366 e. The summed E-state index contributed by atoms with van der Waals surface area (Å²) < 4.78 is 1.77. The number of nitrogens with two attached hydrogens (primary N) is 1. The molecule has 1 fully saturated rings. The summed E-state index contributed by atoms with van der Waals surface area (Å²) in [6.07, 6.45) is 4.44. The number of nitrogens with zero attached hydrogens (tertiary/aromatic N) is 3. The Morgan fingerprint density at radius 3 is 3.05 bits per heavy atom. The van der Waals surface area contributed by atoms with Crippen molar-refractivity contribution in [2.24, 2.45) is 5.73 Å². The van der Waals surface area contributed by atoms with Gasteiger partial charge in [-0.05, 0) is 30.5 Å². The molecule has 1 aliphatic rings. The fraction of sp³-hybridized carbons (Fsp3) is 0.357. The van der Waals surface area contributed by atoms with Gasteiger partial charge in [-0.3, -0.25) is 4.79 Å². The molecule has 1 heterocycles. The summed E-state index contributed by atoms with van der Waals surface area (Å²) in [6, 6.07) is 7.91. The molecule has 0 atom stereocenters. The fourth-order valence-electron chi connectivity index (χ4n) is 2.04. The third kappa shape index (κ3) is 3.21. The van der Waals surface area contributed by atoms with Crippen LogP contribution in [0.3, 0.4) is 0 Å². The van der Waals surface area contributed by atoms with Crippen molar-refractivity contribution in [1.82, 2.24) is 20.3 Å². The van der Waals surface area contributed by atoms with Gasteiger partial charge in [0, 0.05) is 18.2 Å². The van der Waals surface area contributed by atoms with E-state index in [2.05, 4.69) is 15.6 Å². The van der Waals surface area contributed by atoms with Gasteiger partial charge in [-0.1, -0.05) is 17.3 Å². The van der Waals surface area contributed by atoms with Gasteiger partial charge in [-0.25, -0.2) is 4.68 Å². The number of rotatable bonds is 6. The summed E-state index contributed by atoms with van der Waals surface area (Å²) in [5.74, 6) is -0.417. The molecule has 2 aromatic rings. The average molecular weight is 271 g/mol. The van der Waals surface area contributed by atoms with Gasteiger partial charge in [-0.15, -0.1) is 5.10 Å². The Balaban J connectivity index is 1.64. The molecule has 0 aliphatic heterocycles. The molecule has 3 N–H and O–H groups in total. The predicted octanol–water partition coefficient (Wildman–Crippen LogP) is 0.677. The summed E-state index contributed by atoms with van der Waals surface area (Å²) in [7, 11) is 0. The van der Waals surface area contributed by atoms with E-state index in [1.807, 2.05) is 18.3 Å². The van der Waals surface area contributed by atoms with Gasteiger partial charge in [-0.2, -0.15) is 0 Å². The van der Waals surface area contributed by atoms with Gasteiger partial charge in [0.15, 0.2) is 0 Å². The van der Waals surface area contributed by atoms with Crippen molar-refractivity contribution in [2.75, 3.05) is 0 Å². The second-order valence-corrected chi connectivity index (χ2v) is 5.13. The number of hydrogen-bond donors (Lipinski definition) is 2. The molecule has 1 aromatic carbocycles. The SMILES string of the molecule is NC(=O)c1cccc(Cn2cc(CNC3CC3)nn2)c1. The molecule has 1 aromatic heterocycles. The highest BCUT2D eigenvalue weighted by atomic mass is 16.1. The molecule has 6 heteroatoms. The number of benzene rings is 1. The average Bonchev–Trinajstić information content (AvgIpc) is 3.17. The van der Waals surface area contributed by atoms with E-state index in [0.717, 1.165) is 17.8 Å². The van der Waals surface area contributed by atoms with Crippen LogP contribution in [-0.2, 0) is 13.1 Å². The van der Waals surface area contributed by atoms with Crippen LogP contribution in [0.5, 0.6) is 0 Å². The lowest BCUT2D eigenvalue weighted by atomic mass is 10.1. The van der Waals surface area contributed by atoms with Gasteiger partial charge >= 0.3 is 0 Å². The van der Waals surface area contributed by atoms with Gasteiger partial charge < -0.3 is 11.1 Å². The lowest BCUT2D eigenvalue weighted by molar-refractivity contribution is 0.1000. The van der Waals surface area contributed by atoms with Gasteiger partial charge in [0.1, 0.15) is 0 Å². The van der Waals surface area contributed by atoms with E-state index < -0.39 is 5.91 Å². The van der Waals surface area contributed by atoms with E-state index in [1.165, 1.54) is 12.8 Å². The second-order valence-electron chi connectivity index (χ2n) is 5.13. The molecule has 0 unspecified atom stereocenters. The predicted molar refractivity (Wildman–Crippen MR) is 73.9 cm³/mol. The molecule has 3 rings (SSSR count). The van der Waals surface area contributed by atoms with Crippen molar-refractivity contribution in [3.05, 3.63) is 47.3 Å². The van der Waals surface area contributed by atoms with E-state index in [-0.39, 0.29) is 0 Å². The number of primary amides is 1. The van der Waals surface area contributed by atoms with E-state index in [4.69, 9.17) is 5.73 Å². The Morgan fingerprint density at radius 1 is 1.45 bits per heavy atom. The van der Waals surface area contributed by atoms with Crippen molar-refractivity contribution in [3.8, 4) is 0 Å². The summed E-state index contributed by atoms with van der Waals surface area (Å²) >= 11 is 0. The lowest BCUT2D eigenvalue weighted by Gasteiger charge is -2.02. The number of aromatic nitrogens is 3. The van der Waals surface area contributed by atoms with Crippen LogP contribution in [0.1, 0.15) is 34.5 Å². The Hall–Kier alpha value is -2.21. The van der Waals surface area contributed by atoms with Crippen LogP contribution < -0.4 is 11.1 Å². The van der Waals surface area contributed by atoms with Crippen LogP contribution in [0, 0.1) is 0 Å². The molecule has 0 spiro atoms. The highest BCUT2D eigenvalue weighted by Crippen LogP contribution is 2.18. The standard InChI is InChI=1S/C14H17N5O/c15-14(20)11-3-1-2-10(6-11)8-19-9-13(17-18-19)7-16-12-4-5-12/h1-3,6,9,12,16H,4-5,7-8H2,(H2,15,20). The minimum absolute atomic E-state index is 0.417. The fourth-order valence-corrected chi connectivity index (χ4v) is 2.04. The number of hydrogen-bond acceptors (Lipinski definition) is 4. The quantitative estimate of drug-likeness (QED) is 0.809. The Kier molecular flexibility index (Phi) is 3.47. The first-order valence-electron chi connectivity index (χ1n) is 6.72. The summed E-state index contributed by atoms with van der Waals surface area (Å²) in [5, 5.41) is 11.6. The van der Waals surface area contributed by atoms with Crippen LogP contribution in [-0.4, -0.2) is 26.9 Å². The summed E-state index contributed by atoms with van der Waals surface area (Å²) in [5.41, 5.74) is 7.70. The van der Waals surface area contributed by atoms with Crippen molar-refractivity contribution in [3.63, 3.8) is 0 Å². The van der Waals surface area contributed by atoms with E-state index >= 15 is 0 Å². The highest BCUT2D eigenvalue weighted by molar-refractivity contribution is 5.92. The summed E-state index contributed by atoms with van der Waals surface area (Å²) in [6.45, 7) is 1.34. The van der Waals surface area contributed by atoms with E-state index in [9.17, 15) is 4.79 Å². The molecule has 6 nitrogen and oxygen atoms in total. The molecule has 0 radical (unpaired) electrons. The van der Waals surface area contributed by atoms with Gasteiger partial charge in [0.2, 0.25) is 5.91 Å². The highest BCUT2D eigenvalue weighted by Gasteiger charge is 2.20. The van der Waals surface area contributed by atoms with Gasteiger partial charge in [0.25, 0.3) is 0 Å². The second kappa shape index (κ2) is 5.42. The molecule has 1 aliphatic carbocycles.